The van der Waals surface area contributed by atoms with Gasteiger partial charge in [-0.2, -0.15) is 0 Å². The fourth-order valence-corrected chi connectivity index (χ4v) is 5.54. The zero-order chi connectivity index (χ0) is 23.7. The van der Waals surface area contributed by atoms with Gasteiger partial charge in [0.1, 0.15) is 5.82 Å². The number of para-hydroxylation sites is 2. The monoisotopic (exact) mass is 479 g/mol. The first-order valence-corrected chi connectivity index (χ1v) is 12.8. The summed E-state index contributed by atoms with van der Waals surface area (Å²) < 4.78 is 2.35. The molecule has 0 N–H and O–H groups in total. The van der Waals surface area contributed by atoms with Gasteiger partial charge >= 0.3 is 0 Å². The average molecular weight is 480 g/mol. The lowest BCUT2D eigenvalue weighted by atomic mass is 9.95. The van der Waals surface area contributed by atoms with Crippen LogP contribution in [0.2, 0.25) is 5.02 Å². The molecule has 0 spiro atoms. The van der Waals surface area contributed by atoms with Crippen LogP contribution in [0.15, 0.2) is 48.5 Å². The molecule has 180 valence electrons. The van der Waals surface area contributed by atoms with Crippen LogP contribution >= 0.6 is 11.6 Å². The van der Waals surface area contributed by atoms with Crippen molar-refractivity contribution in [3.8, 4) is 0 Å². The highest BCUT2D eigenvalue weighted by Crippen LogP contribution is 2.26. The molecule has 1 amide bonds. The molecule has 2 aliphatic rings. The maximum Gasteiger partial charge on any atom is 0.225 e. The lowest BCUT2D eigenvalue weighted by Gasteiger charge is -2.39. The van der Waals surface area contributed by atoms with E-state index >= 15 is 0 Å². The molecule has 0 bridgehead atoms. The molecule has 0 aliphatic carbocycles. The summed E-state index contributed by atoms with van der Waals surface area (Å²) in [6.07, 6.45) is 1.86. The Kier molecular flexibility index (Phi) is 6.79. The number of rotatable bonds is 5. The molecule has 1 aromatic heterocycles. The molecule has 0 saturated carbocycles. The number of likely N-dealkylation sites (tertiary alicyclic amines) is 1. The minimum atomic E-state index is 0.141. The van der Waals surface area contributed by atoms with Crippen LogP contribution in [-0.4, -0.2) is 64.5 Å². The third-order valence-corrected chi connectivity index (χ3v) is 7.52. The number of piperazine rings is 1. The first-order valence-electron chi connectivity index (χ1n) is 12.5. The SMILES string of the molecule is CC(C)n1c(CN2CCC(C(=O)N3CCN(c4ccc(Cl)cc4)CC3)CC2)nc2ccccc21. The second-order valence-corrected chi connectivity index (χ2v) is 10.3. The van der Waals surface area contributed by atoms with Gasteiger partial charge in [-0.1, -0.05) is 23.7 Å². The molecule has 3 aromatic rings. The van der Waals surface area contributed by atoms with Crippen molar-refractivity contribution in [3.63, 3.8) is 0 Å². The fourth-order valence-electron chi connectivity index (χ4n) is 5.42. The van der Waals surface area contributed by atoms with E-state index in [9.17, 15) is 4.79 Å². The first-order chi connectivity index (χ1) is 16.5. The van der Waals surface area contributed by atoms with Gasteiger partial charge in [-0.25, -0.2) is 4.98 Å². The van der Waals surface area contributed by atoms with E-state index in [0.29, 0.717) is 11.9 Å². The molecule has 2 aromatic carbocycles. The van der Waals surface area contributed by atoms with E-state index < -0.39 is 0 Å². The molecular weight excluding hydrogens is 446 g/mol. The smallest absolute Gasteiger partial charge is 0.225 e. The van der Waals surface area contributed by atoms with Gasteiger partial charge in [0.15, 0.2) is 0 Å². The van der Waals surface area contributed by atoms with E-state index in [1.807, 2.05) is 12.1 Å². The van der Waals surface area contributed by atoms with Crippen LogP contribution in [0, 0.1) is 5.92 Å². The van der Waals surface area contributed by atoms with Crippen molar-refractivity contribution in [1.29, 1.82) is 0 Å². The molecule has 5 rings (SSSR count). The van der Waals surface area contributed by atoms with Crippen LogP contribution in [0.5, 0.6) is 0 Å². The Labute approximate surface area is 207 Å². The fraction of sp³-hybridized carbons (Fsp3) is 0.481. The number of fused-ring (bicyclic) bond motifs is 1. The summed E-state index contributed by atoms with van der Waals surface area (Å²) in [4.78, 5) is 25.0. The van der Waals surface area contributed by atoms with E-state index in [4.69, 9.17) is 16.6 Å². The predicted molar refractivity (Wildman–Crippen MR) is 138 cm³/mol. The molecule has 0 radical (unpaired) electrons. The summed E-state index contributed by atoms with van der Waals surface area (Å²) in [6.45, 7) is 10.5. The molecule has 34 heavy (non-hydrogen) atoms. The van der Waals surface area contributed by atoms with E-state index in [1.54, 1.807) is 0 Å². The number of carbonyl (C=O) groups excluding carboxylic acids is 1. The number of hydrogen-bond acceptors (Lipinski definition) is 4. The number of carbonyl (C=O) groups is 1. The Morgan fingerprint density at radius 2 is 1.65 bits per heavy atom. The second-order valence-electron chi connectivity index (χ2n) is 9.82. The Morgan fingerprint density at radius 1 is 0.971 bits per heavy atom. The van der Waals surface area contributed by atoms with Crippen molar-refractivity contribution in [1.82, 2.24) is 19.4 Å². The van der Waals surface area contributed by atoms with Gasteiger partial charge in [0.2, 0.25) is 5.91 Å². The summed E-state index contributed by atoms with van der Waals surface area (Å²) >= 11 is 6.02. The molecule has 6 nitrogen and oxygen atoms in total. The number of piperidine rings is 1. The van der Waals surface area contributed by atoms with Crippen molar-refractivity contribution >= 4 is 34.2 Å². The third kappa shape index (κ3) is 4.80. The van der Waals surface area contributed by atoms with Gasteiger partial charge in [0.05, 0.1) is 17.6 Å². The highest BCUT2D eigenvalue weighted by Gasteiger charge is 2.31. The van der Waals surface area contributed by atoms with Gasteiger partial charge in [-0.3, -0.25) is 9.69 Å². The largest absolute Gasteiger partial charge is 0.368 e. The maximum atomic E-state index is 13.2. The Morgan fingerprint density at radius 3 is 2.32 bits per heavy atom. The van der Waals surface area contributed by atoms with Crippen molar-refractivity contribution in [2.45, 2.75) is 39.3 Å². The van der Waals surface area contributed by atoms with Crippen LogP contribution < -0.4 is 4.90 Å². The van der Waals surface area contributed by atoms with Crippen LogP contribution in [0.3, 0.4) is 0 Å². The molecule has 3 heterocycles. The van der Waals surface area contributed by atoms with Crippen molar-refractivity contribution < 1.29 is 4.79 Å². The van der Waals surface area contributed by atoms with Gasteiger partial charge < -0.3 is 14.4 Å². The number of halogens is 1. The Hall–Kier alpha value is -2.57. The first kappa shape index (κ1) is 23.2. The lowest BCUT2D eigenvalue weighted by molar-refractivity contribution is -0.137. The van der Waals surface area contributed by atoms with Crippen molar-refractivity contribution in [2.24, 2.45) is 5.92 Å². The minimum Gasteiger partial charge on any atom is -0.368 e. The Balaban J connectivity index is 1.15. The molecule has 2 aliphatic heterocycles. The summed E-state index contributed by atoms with van der Waals surface area (Å²) in [5.41, 5.74) is 3.45. The second kappa shape index (κ2) is 9.96. The number of nitrogens with zero attached hydrogens (tertiary/aromatic N) is 5. The molecule has 0 atom stereocenters. The number of amides is 1. The highest BCUT2D eigenvalue weighted by atomic mass is 35.5. The van der Waals surface area contributed by atoms with E-state index in [-0.39, 0.29) is 5.92 Å². The molecule has 2 saturated heterocycles. The summed E-state index contributed by atoms with van der Waals surface area (Å²) in [6, 6.07) is 16.7. The summed E-state index contributed by atoms with van der Waals surface area (Å²) in [5, 5.41) is 0.755. The number of hydrogen-bond donors (Lipinski definition) is 0. The quantitative estimate of drug-likeness (QED) is 0.525. The standard InChI is InChI=1S/C27H34ClN5O/c1-20(2)33-25-6-4-3-5-24(25)29-26(33)19-30-13-11-21(12-14-30)27(34)32-17-15-31(16-18-32)23-9-7-22(28)8-10-23/h3-10,20-21H,11-19H2,1-2H3. The van der Waals surface area contributed by atoms with E-state index in [0.717, 1.165) is 75.0 Å². The molecular formula is C27H34ClN5O. The topological polar surface area (TPSA) is 44.6 Å². The summed E-state index contributed by atoms with van der Waals surface area (Å²) in [5.74, 6) is 1.60. The third-order valence-electron chi connectivity index (χ3n) is 7.27. The molecule has 2 fully saturated rings. The molecule has 0 unspecified atom stereocenters. The van der Waals surface area contributed by atoms with E-state index in [2.05, 4.69) is 69.5 Å². The Bertz CT molecular complexity index is 1130. The van der Waals surface area contributed by atoms with Gasteiger partial charge in [0, 0.05) is 48.8 Å². The van der Waals surface area contributed by atoms with Gasteiger partial charge in [-0.15, -0.1) is 0 Å². The van der Waals surface area contributed by atoms with Crippen LogP contribution in [0.25, 0.3) is 11.0 Å². The number of aromatic nitrogens is 2. The van der Waals surface area contributed by atoms with Crippen LogP contribution in [0.4, 0.5) is 5.69 Å². The predicted octanol–water partition coefficient (Wildman–Crippen LogP) is 4.83. The van der Waals surface area contributed by atoms with Crippen LogP contribution in [0.1, 0.15) is 38.6 Å². The average Bonchev–Trinajstić information content (AvgIpc) is 3.23. The number of benzene rings is 2. The lowest BCUT2D eigenvalue weighted by Crippen LogP contribution is -2.51. The highest BCUT2D eigenvalue weighted by molar-refractivity contribution is 6.30. The van der Waals surface area contributed by atoms with Crippen molar-refractivity contribution in [2.75, 3.05) is 44.2 Å². The zero-order valence-electron chi connectivity index (χ0n) is 20.2. The molecule has 7 heteroatoms. The van der Waals surface area contributed by atoms with E-state index in [1.165, 1.54) is 11.2 Å². The van der Waals surface area contributed by atoms with Crippen LogP contribution in [-0.2, 0) is 11.3 Å². The summed E-state index contributed by atoms with van der Waals surface area (Å²) in [7, 11) is 0. The van der Waals surface area contributed by atoms with Gasteiger partial charge in [-0.05, 0) is 76.2 Å². The van der Waals surface area contributed by atoms with Crippen molar-refractivity contribution in [3.05, 3.63) is 59.4 Å². The zero-order valence-corrected chi connectivity index (χ0v) is 20.9. The maximum absolute atomic E-state index is 13.2. The normalized spacial score (nSPS) is 18.2. The number of anilines is 1. The minimum absolute atomic E-state index is 0.141. The number of imidazole rings is 1. The van der Waals surface area contributed by atoms with Gasteiger partial charge in [0.25, 0.3) is 0 Å².